The van der Waals surface area contributed by atoms with E-state index < -0.39 is 11.7 Å². The number of nitrogens with one attached hydrogen (secondary N) is 1. The van der Waals surface area contributed by atoms with E-state index in [4.69, 9.17) is 4.42 Å². The predicted octanol–water partition coefficient (Wildman–Crippen LogP) is 4.15. The quantitative estimate of drug-likeness (QED) is 0.718. The number of furan rings is 1. The summed E-state index contributed by atoms with van der Waals surface area (Å²) >= 11 is 0. The maximum Gasteiger partial charge on any atom is 0.416 e. The largest absolute Gasteiger partial charge is 0.469 e. The minimum atomic E-state index is -4.36. The van der Waals surface area contributed by atoms with Crippen LogP contribution in [0.4, 0.5) is 13.2 Å². The van der Waals surface area contributed by atoms with Gasteiger partial charge in [0.2, 0.25) is 0 Å². The lowest BCUT2D eigenvalue weighted by molar-refractivity contribution is -0.137. The number of imidazole rings is 1. The topological polar surface area (TPSA) is 41.8 Å². The summed E-state index contributed by atoms with van der Waals surface area (Å²) in [4.78, 5) is 7.10. The molecule has 2 heterocycles. The Labute approximate surface area is 106 Å². The van der Waals surface area contributed by atoms with Crippen LogP contribution in [0.25, 0.3) is 22.4 Å². The fraction of sp³-hybridized carbons (Fsp3) is 0.154. The number of alkyl halides is 3. The second kappa shape index (κ2) is 3.88. The van der Waals surface area contributed by atoms with Crippen molar-refractivity contribution < 1.29 is 17.6 Å². The average molecular weight is 266 g/mol. The molecule has 0 saturated heterocycles. The molecular formula is C13H9F3N2O. The van der Waals surface area contributed by atoms with Gasteiger partial charge in [-0.25, -0.2) is 4.98 Å². The standard InChI is InChI=1S/C13H9F3N2O/c1-7-4-8(6-19-7)12-17-10-3-2-9(13(14,15)16)5-11(10)18-12/h2-6H,1H3,(H,17,18). The molecule has 0 bridgehead atoms. The zero-order valence-electron chi connectivity index (χ0n) is 9.88. The van der Waals surface area contributed by atoms with Crippen molar-refractivity contribution >= 4 is 11.0 Å². The van der Waals surface area contributed by atoms with Gasteiger partial charge in [-0.1, -0.05) is 0 Å². The van der Waals surface area contributed by atoms with Gasteiger partial charge < -0.3 is 9.40 Å². The van der Waals surface area contributed by atoms with E-state index in [0.717, 1.165) is 12.1 Å². The number of aromatic amines is 1. The van der Waals surface area contributed by atoms with Crippen molar-refractivity contribution in [2.24, 2.45) is 0 Å². The van der Waals surface area contributed by atoms with Gasteiger partial charge in [0.05, 0.1) is 22.2 Å². The Morgan fingerprint density at radius 3 is 2.63 bits per heavy atom. The number of benzene rings is 1. The molecule has 0 saturated carbocycles. The molecule has 3 aromatic rings. The molecule has 0 fully saturated rings. The highest BCUT2D eigenvalue weighted by Gasteiger charge is 2.30. The summed E-state index contributed by atoms with van der Waals surface area (Å²) in [5.41, 5.74) is 0.853. The first-order valence-electron chi connectivity index (χ1n) is 5.56. The van der Waals surface area contributed by atoms with Crippen molar-refractivity contribution in [1.29, 1.82) is 0 Å². The first-order chi connectivity index (χ1) is 8.93. The number of hydrogen-bond donors (Lipinski definition) is 1. The van der Waals surface area contributed by atoms with E-state index in [1.54, 1.807) is 13.0 Å². The van der Waals surface area contributed by atoms with Crippen LogP contribution in [0.5, 0.6) is 0 Å². The monoisotopic (exact) mass is 266 g/mol. The molecule has 0 aliphatic rings. The number of hydrogen-bond acceptors (Lipinski definition) is 2. The van der Waals surface area contributed by atoms with Gasteiger partial charge in [0.15, 0.2) is 0 Å². The van der Waals surface area contributed by atoms with Crippen molar-refractivity contribution in [1.82, 2.24) is 9.97 Å². The molecule has 0 aliphatic heterocycles. The number of fused-ring (bicyclic) bond motifs is 1. The number of halogens is 3. The summed E-state index contributed by atoms with van der Waals surface area (Å²) < 4.78 is 43.0. The molecule has 1 aromatic carbocycles. The highest BCUT2D eigenvalue weighted by Crippen LogP contribution is 2.31. The third-order valence-corrected chi connectivity index (χ3v) is 2.81. The summed E-state index contributed by atoms with van der Waals surface area (Å²) in [7, 11) is 0. The SMILES string of the molecule is Cc1cc(-c2nc3ccc(C(F)(F)F)cc3[nH]2)co1. The summed E-state index contributed by atoms with van der Waals surface area (Å²) in [6.45, 7) is 1.79. The summed E-state index contributed by atoms with van der Waals surface area (Å²) in [5, 5.41) is 0. The normalized spacial score (nSPS) is 12.2. The molecule has 6 heteroatoms. The Bertz CT molecular complexity index is 740. The third-order valence-electron chi connectivity index (χ3n) is 2.81. The predicted molar refractivity (Wildman–Crippen MR) is 63.5 cm³/mol. The molecule has 3 nitrogen and oxygen atoms in total. The van der Waals surface area contributed by atoms with E-state index >= 15 is 0 Å². The van der Waals surface area contributed by atoms with Crippen LogP contribution in [0.2, 0.25) is 0 Å². The van der Waals surface area contributed by atoms with Crippen LogP contribution in [0.15, 0.2) is 34.9 Å². The fourth-order valence-corrected chi connectivity index (χ4v) is 1.89. The van der Waals surface area contributed by atoms with Crippen LogP contribution in [0.1, 0.15) is 11.3 Å². The van der Waals surface area contributed by atoms with Gasteiger partial charge in [-0.3, -0.25) is 0 Å². The lowest BCUT2D eigenvalue weighted by Crippen LogP contribution is -2.04. The molecule has 0 unspecified atom stereocenters. The Morgan fingerprint density at radius 1 is 1.21 bits per heavy atom. The summed E-state index contributed by atoms with van der Waals surface area (Å²) in [6, 6.07) is 5.19. The Morgan fingerprint density at radius 2 is 2.00 bits per heavy atom. The van der Waals surface area contributed by atoms with Crippen molar-refractivity contribution in [3.63, 3.8) is 0 Å². The first kappa shape index (κ1) is 11.8. The summed E-state index contributed by atoms with van der Waals surface area (Å²) in [5.74, 6) is 1.21. The molecule has 0 aliphatic carbocycles. The van der Waals surface area contributed by atoms with Crippen molar-refractivity contribution in [3.05, 3.63) is 41.9 Å². The lowest BCUT2D eigenvalue weighted by Gasteiger charge is -2.05. The summed E-state index contributed by atoms with van der Waals surface area (Å²) in [6.07, 6.45) is -2.84. The van der Waals surface area contributed by atoms with Crippen LogP contribution in [-0.2, 0) is 6.18 Å². The van der Waals surface area contributed by atoms with E-state index in [0.29, 0.717) is 28.2 Å². The average Bonchev–Trinajstić information content (AvgIpc) is 2.92. The Hall–Kier alpha value is -2.24. The molecule has 3 rings (SSSR count). The smallest absolute Gasteiger partial charge is 0.416 e. The van der Waals surface area contributed by atoms with Crippen molar-refractivity contribution in [2.45, 2.75) is 13.1 Å². The lowest BCUT2D eigenvalue weighted by atomic mass is 10.2. The van der Waals surface area contributed by atoms with E-state index in [1.165, 1.54) is 12.3 Å². The number of aryl methyl sites for hydroxylation is 1. The van der Waals surface area contributed by atoms with Crippen molar-refractivity contribution in [3.8, 4) is 11.4 Å². The van der Waals surface area contributed by atoms with Gasteiger partial charge in [-0.15, -0.1) is 0 Å². The molecule has 0 spiro atoms. The third kappa shape index (κ3) is 2.09. The molecule has 1 N–H and O–H groups in total. The van der Waals surface area contributed by atoms with E-state index in [-0.39, 0.29) is 0 Å². The number of aromatic nitrogens is 2. The highest BCUT2D eigenvalue weighted by atomic mass is 19.4. The van der Waals surface area contributed by atoms with Gasteiger partial charge in [-0.2, -0.15) is 13.2 Å². The van der Waals surface area contributed by atoms with Crippen LogP contribution in [-0.4, -0.2) is 9.97 Å². The van der Waals surface area contributed by atoms with Gasteiger partial charge in [-0.05, 0) is 31.2 Å². The van der Waals surface area contributed by atoms with Crippen LogP contribution in [0, 0.1) is 6.92 Å². The first-order valence-corrected chi connectivity index (χ1v) is 5.56. The second-order valence-corrected chi connectivity index (χ2v) is 4.26. The van der Waals surface area contributed by atoms with Crippen LogP contribution < -0.4 is 0 Å². The van der Waals surface area contributed by atoms with E-state index in [9.17, 15) is 13.2 Å². The molecule has 0 atom stereocenters. The maximum absolute atomic E-state index is 12.6. The number of rotatable bonds is 1. The Kier molecular flexibility index (Phi) is 2.41. The molecular weight excluding hydrogens is 257 g/mol. The van der Waals surface area contributed by atoms with Gasteiger partial charge >= 0.3 is 6.18 Å². The van der Waals surface area contributed by atoms with Crippen LogP contribution >= 0.6 is 0 Å². The van der Waals surface area contributed by atoms with Gasteiger partial charge in [0, 0.05) is 0 Å². The zero-order chi connectivity index (χ0) is 13.6. The molecule has 0 radical (unpaired) electrons. The minimum Gasteiger partial charge on any atom is -0.469 e. The molecule has 98 valence electrons. The Balaban J connectivity index is 2.11. The van der Waals surface area contributed by atoms with Gasteiger partial charge in [0.1, 0.15) is 17.8 Å². The second-order valence-electron chi connectivity index (χ2n) is 4.26. The van der Waals surface area contributed by atoms with Gasteiger partial charge in [0.25, 0.3) is 0 Å². The van der Waals surface area contributed by atoms with E-state index in [1.807, 2.05) is 0 Å². The molecule has 0 amide bonds. The van der Waals surface area contributed by atoms with Crippen LogP contribution in [0.3, 0.4) is 0 Å². The number of H-pyrrole nitrogens is 1. The van der Waals surface area contributed by atoms with E-state index in [2.05, 4.69) is 9.97 Å². The molecule has 2 aromatic heterocycles. The molecule has 19 heavy (non-hydrogen) atoms. The zero-order valence-corrected chi connectivity index (χ0v) is 9.88. The highest BCUT2D eigenvalue weighted by molar-refractivity contribution is 5.80. The fourth-order valence-electron chi connectivity index (χ4n) is 1.89. The van der Waals surface area contributed by atoms with Crippen molar-refractivity contribution in [2.75, 3.05) is 0 Å². The number of nitrogens with zero attached hydrogens (tertiary/aromatic N) is 1. The minimum absolute atomic E-state index is 0.351. The maximum atomic E-state index is 12.6.